The number of hydrogen-bond acceptors (Lipinski definition) is 5. The molecule has 1 aliphatic rings. The molecule has 0 bridgehead atoms. The third kappa shape index (κ3) is 3.98. The van der Waals surface area contributed by atoms with Gasteiger partial charge in [-0.1, -0.05) is 23.3 Å². The van der Waals surface area contributed by atoms with E-state index in [0.717, 1.165) is 33.7 Å². The summed E-state index contributed by atoms with van der Waals surface area (Å²) in [7, 11) is -3.67. The third-order valence-electron chi connectivity index (χ3n) is 4.93. The van der Waals surface area contributed by atoms with Gasteiger partial charge < -0.3 is 5.32 Å². The number of anilines is 1. The van der Waals surface area contributed by atoms with Gasteiger partial charge in [-0.25, -0.2) is 8.42 Å². The number of rotatable bonds is 5. The highest BCUT2D eigenvalue weighted by atomic mass is 32.2. The molecular formula is C20H22N4O3S2. The van der Waals surface area contributed by atoms with Crippen molar-refractivity contribution >= 4 is 33.1 Å². The lowest BCUT2D eigenvalue weighted by Gasteiger charge is -2.22. The van der Waals surface area contributed by atoms with E-state index in [9.17, 15) is 13.2 Å². The summed E-state index contributed by atoms with van der Waals surface area (Å²) in [6.07, 6.45) is 1.14. The molecule has 1 amide bonds. The summed E-state index contributed by atoms with van der Waals surface area (Å²) in [6.45, 7) is 4.39. The molecule has 2 N–H and O–H groups in total. The molecule has 0 spiro atoms. The maximum absolute atomic E-state index is 12.9. The summed E-state index contributed by atoms with van der Waals surface area (Å²) in [5.74, 6) is 0.0191. The molecule has 1 aromatic carbocycles. The normalized spacial score (nSPS) is 17.5. The first-order valence-corrected chi connectivity index (χ1v) is 11.7. The first-order valence-electron chi connectivity index (χ1n) is 9.35. The van der Waals surface area contributed by atoms with Gasteiger partial charge in [-0.15, -0.1) is 11.3 Å². The molecule has 29 heavy (non-hydrogen) atoms. The Morgan fingerprint density at radius 2 is 2.00 bits per heavy atom. The van der Waals surface area contributed by atoms with Crippen molar-refractivity contribution in [3.8, 4) is 11.3 Å². The van der Waals surface area contributed by atoms with E-state index in [4.69, 9.17) is 0 Å². The van der Waals surface area contributed by atoms with Crippen LogP contribution in [0.25, 0.3) is 11.3 Å². The van der Waals surface area contributed by atoms with Gasteiger partial charge in [-0.3, -0.25) is 9.89 Å². The first-order chi connectivity index (χ1) is 13.8. The second-order valence-electron chi connectivity index (χ2n) is 7.24. The number of sulfonamides is 1. The van der Waals surface area contributed by atoms with Crippen LogP contribution in [0.1, 0.15) is 24.0 Å². The molecular weight excluding hydrogens is 408 g/mol. The second kappa shape index (κ2) is 7.74. The van der Waals surface area contributed by atoms with Crippen molar-refractivity contribution in [2.75, 3.05) is 11.9 Å². The average molecular weight is 431 g/mol. The van der Waals surface area contributed by atoms with Gasteiger partial charge in [0.25, 0.3) is 10.0 Å². The molecule has 1 atom stereocenters. The average Bonchev–Trinajstić information content (AvgIpc) is 3.41. The fourth-order valence-corrected chi connectivity index (χ4v) is 6.47. The van der Waals surface area contributed by atoms with Crippen LogP contribution in [0.15, 0.2) is 46.0 Å². The Balaban J connectivity index is 1.51. The van der Waals surface area contributed by atoms with Crippen molar-refractivity contribution in [2.24, 2.45) is 0 Å². The van der Waals surface area contributed by atoms with Crippen molar-refractivity contribution in [1.29, 1.82) is 0 Å². The zero-order chi connectivity index (χ0) is 20.6. The topological polar surface area (TPSA) is 95.2 Å². The summed E-state index contributed by atoms with van der Waals surface area (Å²) in [4.78, 5) is 12.8. The Hall–Kier alpha value is -2.49. The number of nitrogens with zero attached hydrogens (tertiary/aromatic N) is 2. The number of carbonyl (C=O) groups is 1. The Morgan fingerprint density at radius 3 is 2.69 bits per heavy atom. The van der Waals surface area contributed by atoms with E-state index in [0.29, 0.717) is 25.2 Å². The summed E-state index contributed by atoms with van der Waals surface area (Å²) in [5.41, 5.74) is 4.06. The van der Waals surface area contributed by atoms with Gasteiger partial charge in [0.05, 0.1) is 5.69 Å². The SMILES string of the molecule is Cc1cc(C)cc(-c2cc(NC(=O)C3CCCN3S(=O)(=O)c3cccs3)n[nH]2)c1. The molecule has 1 saturated heterocycles. The zero-order valence-corrected chi connectivity index (χ0v) is 17.8. The van der Waals surface area contributed by atoms with Crippen LogP contribution in [0.3, 0.4) is 0 Å². The highest BCUT2D eigenvalue weighted by Crippen LogP contribution is 2.29. The van der Waals surface area contributed by atoms with Gasteiger partial charge >= 0.3 is 0 Å². The number of nitrogens with one attached hydrogen (secondary N) is 2. The molecule has 152 valence electrons. The maximum atomic E-state index is 12.9. The number of H-pyrrole nitrogens is 1. The lowest BCUT2D eigenvalue weighted by Crippen LogP contribution is -2.42. The first kappa shape index (κ1) is 19.8. The number of benzene rings is 1. The second-order valence-corrected chi connectivity index (χ2v) is 10.3. The van der Waals surface area contributed by atoms with Crippen molar-refractivity contribution in [3.63, 3.8) is 0 Å². The fraction of sp³-hybridized carbons (Fsp3) is 0.300. The highest BCUT2D eigenvalue weighted by molar-refractivity contribution is 7.91. The molecule has 7 nitrogen and oxygen atoms in total. The quantitative estimate of drug-likeness (QED) is 0.647. The zero-order valence-electron chi connectivity index (χ0n) is 16.2. The number of thiophene rings is 1. The van der Waals surface area contributed by atoms with Gasteiger partial charge in [0.2, 0.25) is 5.91 Å². The molecule has 1 unspecified atom stereocenters. The number of aromatic amines is 1. The molecule has 0 radical (unpaired) electrons. The summed E-state index contributed by atoms with van der Waals surface area (Å²) < 4.78 is 27.3. The smallest absolute Gasteiger partial charge is 0.253 e. The number of amides is 1. The van der Waals surface area contributed by atoms with Crippen LogP contribution in [0.4, 0.5) is 5.82 Å². The van der Waals surface area contributed by atoms with E-state index in [-0.39, 0.29) is 10.1 Å². The summed E-state index contributed by atoms with van der Waals surface area (Å²) >= 11 is 1.16. The Bertz CT molecular complexity index is 1120. The Morgan fingerprint density at radius 1 is 1.24 bits per heavy atom. The summed E-state index contributed by atoms with van der Waals surface area (Å²) in [5, 5.41) is 11.6. The standard InChI is InChI=1S/C20H22N4O3S2/c1-13-9-14(2)11-15(10-13)16-12-18(23-22-16)21-20(25)17-5-3-7-24(17)29(26,27)19-6-4-8-28-19/h4,6,8-12,17H,3,5,7H2,1-2H3,(H2,21,22,23,25). The van der Waals surface area contributed by atoms with Crippen LogP contribution in [0.5, 0.6) is 0 Å². The minimum Gasteiger partial charge on any atom is -0.308 e. The van der Waals surface area contributed by atoms with E-state index in [1.54, 1.807) is 23.6 Å². The maximum Gasteiger partial charge on any atom is 0.253 e. The Labute approximate surface area is 173 Å². The highest BCUT2D eigenvalue weighted by Gasteiger charge is 2.40. The van der Waals surface area contributed by atoms with Gasteiger partial charge in [0, 0.05) is 18.2 Å². The van der Waals surface area contributed by atoms with Crippen LogP contribution in [0.2, 0.25) is 0 Å². The van der Waals surface area contributed by atoms with Crippen LogP contribution in [0, 0.1) is 13.8 Å². The monoisotopic (exact) mass is 430 g/mol. The molecule has 0 aliphatic carbocycles. The van der Waals surface area contributed by atoms with Gasteiger partial charge in [-0.2, -0.15) is 9.40 Å². The van der Waals surface area contributed by atoms with Crippen molar-refractivity contribution in [2.45, 2.75) is 36.9 Å². The number of aromatic nitrogens is 2. The fourth-order valence-electron chi connectivity index (χ4n) is 3.69. The van der Waals surface area contributed by atoms with Crippen LogP contribution < -0.4 is 5.32 Å². The van der Waals surface area contributed by atoms with E-state index >= 15 is 0 Å². The lowest BCUT2D eigenvalue weighted by molar-refractivity contribution is -0.119. The molecule has 1 fully saturated rings. The van der Waals surface area contributed by atoms with Crippen LogP contribution in [-0.4, -0.2) is 41.4 Å². The third-order valence-corrected chi connectivity index (χ3v) is 8.21. The molecule has 4 rings (SSSR count). The van der Waals surface area contributed by atoms with Crippen LogP contribution in [-0.2, 0) is 14.8 Å². The van der Waals surface area contributed by atoms with Gasteiger partial charge in [0.1, 0.15) is 10.3 Å². The van der Waals surface area contributed by atoms with E-state index in [2.05, 4.69) is 21.6 Å². The van der Waals surface area contributed by atoms with E-state index < -0.39 is 16.1 Å². The molecule has 3 aromatic rings. The predicted octanol–water partition coefficient (Wildman–Crippen LogP) is 3.55. The predicted molar refractivity (Wildman–Crippen MR) is 113 cm³/mol. The van der Waals surface area contributed by atoms with E-state index in [1.807, 2.05) is 26.0 Å². The van der Waals surface area contributed by atoms with Crippen molar-refractivity contribution in [3.05, 3.63) is 52.9 Å². The largest absolute Gasteiger partial charge is 0.308 e. The number of hydrogen-bond donors (Lipinski definition) is 2. The molecule has 2 aromatic heterocycles. The molecule has 0 saturated carbocycles. The number of carbonyl (C=O) groups excluding carboxylic acids is 1. The van der Waals surface area contributed by atoms with E-state index in [1.165, 1.54) is 4.31 Å². The lowest BCUT2D eigenvalue weighted by atomic mass is 10.1. The molecule has 9 heteroatoms. The Kier molecular flexibility index (Phi) is 5.28. The minimum atomic E-state index is -3.67. The molecule has 1 aliphatic heterocycles. The van der Waals surface area contributed by atoms with Crippen LogP contribution >= 0.6 is 11.3 Å². The molecule has 3 heterocycles. The summed E-state index contributed by atoms with van der Waals surface area (Å²) in [6, 6.07) is 10.5. The van der Waals surface area contributed by atoms with Crippen molar-refractivity contribution in [1.82, 2.24) is 14.5 Å². The van der Waals surface area contributed by atoms with Gasteiger partial charge in [0.15, 0.2) is 5.82 Å². The van der Waals surface area contributed by atoms with Gasteiger partial charge in [-0.05, 0) is 50.3 Å². The van der Waals surface area contributed by atoms with Crippen molar-refractivity contribution < 1.29 is 13.2 Å². The minimum absolute atomic E-state index is 0.258. The number of aryl methyl sites for hydroxylation is 2.